The van der Waals surface area contributed by atoms with Gasteiger partial charge in [0.05, 0.1) is 12.0 Å². The number of amides is 1. The van der Waals surface area contributed by atoms with Crippen LogP contribution in [-0.2, 0) is 9.53 Å². The Hall–Kier alpha value is -4.31. The number of aryl methyl sites for hydroxylation is 2. The normalized spacial score (nSPS) is 10.7. The minimum Gasteiger partial charge on any atom is -0.484 e. The summed E-state index contributed by atoms with van der Waals surface area (Å²) in [6, 6.07) is 14.3. The summed E-state index contributed by atoms with van der Waals surface area (Å²) in [5.74, 6) is 0.116. The van der Waals surface area contributed by atoms with Gasteiger partial charge in [0, 0.05) is 10.7 Å². The Balaban J connectivity index is 1.59. The van der Waals surface area contributed by atoms with Gasteiger partial charge in [-0.05, 0) is 57.2 Å². The number of rotatable bonds is 9. The molecule has 11 heteroatoms. The summed E-state index contributed by atoms with van der Waals surface area (Å²) in [6.07, 6.45) is 0. The summed E-state index contributed by atoms with van der Waals surface area (Å²) in [6.45, 7) is 5.22. The van der Waals surface area contributed by atoms with Crippen LogP contribution in [0.25, 0.3) is 11.1 Å². The summed E-state index contributed by atoms with van der Waals surface area (Å²) >= 11 is 5.96. The van der Waals surface area contributed by atoms with E-state index in [4.69, 9.17) is 25.5 Å². The third-order valence-electron chi connectivity index (χ3n) is 5.02. The van der Waals surface area contributed by atoms with Crippen molar-refractivity contribution < 1.29 is 23.5 Å². The van der Waals surface area contributed by atoms with Gasteiger partial charge in [-0.25, -0.2) is 4.79 Å². The van der Waals surface area contributed by atoms with Crippen LogP contribution >= 0.6 is 11.6 Å². The first kappa shape index (κ1) is 24.8. The van der Waals surface area contributed by atoms with E-state index in [1.54, 1.807) is 50.2 Å². The molecule has 0 aliphatic carbocycles. The topological polar surface area (TPSA) is 128 Å². The fourth-order valence-corrected chi connectivity index (χ4v) is 3.44. The highest BCUT2D eigenvalue weighted by Crippen LogP contribution is 2.32. The molecule has 0 aliphatic heterocycles. The van der Waals surface area contributed by atoms with Crippen LogP contribution in [-0.4, -0.2) is 35.1 Å². The minimum atomic E-state index is -0.590. The number of halogens is 1. The lowest BCUT2D eigenvalue weighted by Gasteiger charge is -2.12. The third-order valence-corrected chi connectivity index (χ3v) is 5.27. The molecule has 0 fully saturated rings. The second-order valence-corrected chi connectivity index (χ2v) is 8.17. The first-order chi connectivity index (χ1) is 17.3. The molecule has 0 bridgehead atoms. The van der Waals surface area contributed by atoms with Gasteiger partial charge >= 0.3 is 5.97 Å². The molecule has 0 atom stereocenters. The summed E-state index contributed by atoms with van der Waals surface area (Å²) in [7, 11) is 0. The van der Waals surface area contributed by atoms with Gasteiger partial charge in [0.2, 0.25) is 11.7 Å². The van der Waals surface area contributed by atoms with Gasteiger partial charge in [-0.3, -0.25) is 15.6 Å². The van der Waals surface area contributed by atoms with Gasteiger partial charge < -0.3 is 19.2 Å². The number of carbonyl (C=O) groups excluding carboxylic acids is 2. The largest absolute Gasteiger partial charge is 0.484 e. The molecule has 2 heterocycles. The fourth-order valence-electron chi connectivity index (χ4n) is 3.32. The van der Waals surface area contributed by atoms with Gasteiger partial charge in [-0.2, -0.15) is 9.97 Å². The van der Waals surface area contributed by atoms with E-state index in [2.05, 4.69) is 26.1 Å². The number of hydrazine groups is 1. The van der Waals surface area contributed by atoms with Crippen LogP contribution in [0.4, 0.5) is 17.5 Å². The van der Waals surface area contributed by atoms with Crippen molar-refractivity contribution in [3.05, 3.63) is 70.4 Å². The lowest BCUT2D eigenvalue weighted by molar-refractivity contribution is -0.122. The van der Waals surface area contributed by atoms with Gasteiger partial charge in [0.25, 0.3) is 5.91 Å². The Labute approximate surface area is 211 Å². The highest BCUT2D eigenvalue weighted by molar-refractivity contribution is 6.30. The number of anilines is 3. The number of aromatic nitrogens is 2. The summed E-state index contributed by atoms with van der Waals surface area (Å²) in [4.78, 5) is 33.9. The number of nitrogens with one attached hydrogen (secondary N) is 3. The molecular formula is C25H24ClN5O5. The molecule has 1 amide bonds. The number of hydrogen-bond acceptors (Lipinski definition) is 9. The SMILES string of the molecule is CCOC(=O)c1c(C)oc2nc(Nc3ccc(Cl)cc3)nc(NNC(=O)COc3ccc(C)cc3)c12. The highest BCUT2D eigenvalue weighted by Gasteiger charge is 2.25. The van der Waals surface area contributed by atoms with Crippen molar-refractivity contribution in [3.8, 4) is 5.75 Å². The molecule has 186 valence electrons. The Bertz CT molecular complexity index is 1390. The van der Waals surface area contributed by atoms with E-state index >= 15 is 0 Å². The standard InChI is InChI=1S/C25H24ClN5O5/c1-4-34-24(33)20-15(3)36-23-21(20)22(28-25(29-23)27-17-9-7-16(26)8-10-17)31-30-19(32)13-35-18-11-5-14(2)6-12-18/h5-12H,4,13H2,1-3H3,(H,30,32)(H2,27,28,29,31). The fraction of sp³-hybridized carbons (Fsp3) is 0.200. The average Bonchev–Trinajstić information content (AvgIpc) is 3.19. The Morgan fingerprint density at radius 3 is 2.44 bits per heavy atom. The van der Waals surface area contributed by atoms with Gasteiger partial charge in [0.15, 0.2) is 12.4 Å². The maximum Gasteiger partial charge on any atom is 0.342 e. The molecule has 2 aromatic carbocycles. The maximum absolute atomic E-state index is 12.6. The molecular weight excluding hydrogens is 486 g/mol. The summed E-state index contributed by atoms with van der Waals surface area (Å²) in [5.41, 5.74) is 7.35. The van der Waals surface area contributed by atoms with Gasteiger partial charge in [-0.1, -0.05) is 29.3 Å². The highest BCUT2D eigenvalue weighted by atomic mass is 35.5. The number of nitrogens with zero attached hydrogens (tertiary/aromatic N) is 2. The van der Waals surface area contributed by atoms with Crippen LogP contribution in [0.2, 0.25) is 5.02 Å². The monoisotopic (exact) mass is 509 g/mol. The number of fused-ring (bicyclic) bond motifs is 1. The van der Waals surface area contributed by atoms with E-state index in [1.807, 2.05) is 19.1 Å². The van der Waals surface area contributed by atoms with E-state index in [-0.39, 0.29) is 41.6 Å². The molecule has 0 saturated carbocycles. The summed E-state index contributed by atoms with van der Waals surface area (Å²) < 4.78 is 16.4. The molecule has 0 radical (unpaired) electrons. The van der Waals surface area contributed by atoms with Crippen LogP contribution in [0, 0.1) is 13.8 Å². The molecule has 0 unspecified atom stereocenters. The molecule has 3 N–H and O–H groups in total. The zero-order valence-electron chi connectivity index (χ0n) is 19.8. The zero-order chi connectivity index (χ0) is 25.7. The Morgan fingerprint density at radius 2 is 1.75 bits per heavy atom. The second kappa shape index (κ2) is 11.0. The first-order valence-corrected chi connectivity index (χ1v) is 11.5. The van der Waals surface area contributed by atoms with Gasteiger partial charge in [-0.15, -0.1) is 0 Å². The van der Waals surface area contributed by atoms with Crippen molar-refractivity contribution >= 4 is 52.0 Å². The van der Waals surface area contributed by atoms with E-state index in [9.17, 15) is 9.59 Å². The van der Waals surface area contributed by atoms with Gasteiger partial charge in [0.1, 0.15) is 17.1 Å². The lowest BCUT2D eigenvalue weighted by atomic mass is 10.2. The molecule has 2 aromatic heterocycles. The molecule has 0 saturated heterocycles. The number of hydrogen-bond donors (Lipinski definition) is 3. The smallest absolute Gasteiger partial charge is 0.342 e. The van der Waals surface area contributed by atoms with Crippen molar-refractivity contribution in [2.75, 3.05) is 24.0 Å². The lowest BCUT2D eigenvalue weighted by Crippen LogP contribution is -2.34. The van der Waals surface area contributed by atoms with Crippen LogP contribution < -0.4 is 20.9 Å². The molecule has 4 rings (SSSR count). The van der Waals surface area contributed by atoms with Crippen molar-refractivity contribution in [1.82, 2.24) is 15.4 Å². The average molecular weight is 510 g/mol. The molecule has 10 nitrogen and oxygen atoms in total. The van der Waals surface area contributed by atoms with Crippen molar-refractivity contribution in [3.63, 3.8) is 0 Å². The third kappa shape index (κ3) is 5.84. The quantitative estimate of drug-likeness (QED) is 0.212. The predicted molar refractivity (Wildman–Crippen MR) is 136 cm³/mol. The Kier molecular flexibility index (Phi) is 7.55. The zero-order valence-corrected chi connectivity index (χ0v) is 20.6. The van der Waals surface area contributed by atoms with E-state index in [0.29, 0.717) is 22.2 Å². The van der Waals surface area contributed by atoms with Crippen LogP contribution in [0.3, 0.4) is 0 Å². The Morgan fingerprint density at radius 1 is 1.03 bits per heavy atom. The van der Waals surface area contributed by atoms with Crippen LogP contribution in [0.1, 0.15) is 28.6 Å². The minimum absolute atomic E-state index is 0.134. The van der Waals surface area contributed by atoms with Crippen molar-refractivity contribution in [2.45, 2.75) is 20.8 Å². The second-order valence-electron chi connectivity index (χ2n) is 7.74. The first-order valence-electron chi connectivity index (χ1n) is 11.1. The van der Waals surface area contributed by atoms with Crippen molar-refractivity contribution in [2.24, 2.45) is 0 Å². The number of carbonyl (C=O) groups is 2. The van der Waals surface area contributed by atoms with E-state index < -0.39 is 11.9 Å². The van der Waals surface area contributed by atoms with E-state index in [1.165, 1.54) is 0 Å². The number of esters is 1. The number of benzene rings is 2. The number of ether oxygens (including phenoxy) is 2. The predicted octanol–water partition coefficient (Wildman–Crippen LogP) is 4.94. The van der Waals surface area contributed by atoms with Crippen molar-refractivity contribution in [1.29, 1.82) is 0 Å². The van der Waals surface area contributed by atoms with E-state index in [0.717, 1.165) is 5.56 Å². The number of furan rings is 1. The molecule has 4 aromatic rings. The van der Waals surface area contributed by atoms with Crippen LogP contribution in [0.5, 0.6) is 5.75 Å². The molecule has 36 heavy (non-hydrogen) atoms. The summed E-state index contributed by atoms with van der Waals surface area (Å²) in [5, 5.41) is 3.90. The molecule has 0 aliphatic rings. The molecule has 0 spiro atoms. The van der Waals surface area contributed by atoms with Crippen LogP contribution in [0.15, 0.2) is 52.9 Å². The maximum atomic E-state index is 12.6.